The number of ether oxygens (including phenoxy) is 1. The smallest absolute Gasteiger partial charge is 0.181 e. The highest BCUT2D eigenvalue weighted by Crippen LogP contribution is 2.29. The summed E-state index contributed by atoms with van der Waals surface area (Å²) in [6.07, 6.45) is 7.04. The Hall–Kier alpha value is -2.03. The fraction of sp³-hybridized carbons (Fsp3) is 0.312. The lowest BCUT2D eigenvalue weighted by atomic mass is 10.0. The third-order valence-corrected chi connectivity index (χ3v) is 3.18. The molecule has 0 saturated heterocycles. The van der Waals surface area contributed by atoms with E-state index < -0.39 is 0 Å². The number of ketones is 1. The van der Waals surface area contributed by atoms with E-state index in [-0.39, 0.29) is 11.8 Å². The number of methoxy groups -OCH3 is 1. The number of nitrogens with one attached hydrogen (secondary N) is 1. The summed E-state index contributed by atoms with van der Waals surface area (Å²) in [6.45, 7) is 4.28. The van der Waals surface area contributed by atoms with Gasteiger partial charge in [-0.3, -0.25) is 4.79 Å². The lowest BCUT2D eigenvalue weighted by Gasteiger charge is -2.19. The first-order valence-electron chi connectivity index (χ1n) is 6.45. The Morgan fingerprint density at radius 2 is 2.05 bits per heavy atom. The van der Waals surface area contributed by atoms with Crippen molar-refractivity contribution in [2.75, 3.05) is 12.4 Å². The first kappa shape index (κ1) is 13.4. The molecule has 1 aromatic carbocycles. The van der Waals surface area contributed by atoms with E-state index in [1.165, 1.54) is 5.56 Å². The second kappa shape index (κ2) is 5.74. The summed E-state index contributed by atoms with van der Waals surface area (Å²) in [5, 5.41) is 3.20. The highest BCUT2D eigenvalue weighted by molar-refractivity contribution is 5.99. The van der Waals surface area contributed by atoms with Crippen LogP contribution in [0.1, 0.15) is 25.3 Å². The third kappa shape index (κ3) is 3.05. The fourth-order valence-electron chi connectivity index (χ4n) is 2.00. The van der Waals surface area contributed by atoms with Crippen LogP contribution in [0.2, 0.25) is 0 Å². The maximum absolute atomic E-state index is 11.7. The second-order valence-corrected chi connectivity index (χ2v) is 4.88. The molecular weight excluding hydrogens is 238 g/mol. The van der Waals surface area contributed by atoms with Crippen LogP contribution in [0.15, 0.2) is 42.5 Å². The van der Waals surface area contributed by atoms with Crippen LogP contribution in [0, 0.1) is 0 Å². The predicted molar refractivity (Wildman–Crippen MR) is 77.8 cm³/mol. The van der Waals surface area contributed by atoms with Gasteiger partial charge < -0.3 is 10.1 Å². The standard InChI is InChI=1S/C16H19NO2/c1-11(2)12-8-9-14(16(10-12)19-3)17-13-6-4-5-7-15(13)18/h4-11,13,17H,1-3H3. The molecular formula is C16H19NO2. The molecule has 0 bridgehead atoms. The number of allylic oxidation sites excluding steroid dienone is 2. The molecule has 100 valence electrons. The SMILES string of the molecule is COc1cc(C(C)C)ccc1NC1C=CC=CC1=O. The molecule has 1 unspecified atom stereocenters. The molecule has 0 radical (unpaired) electrons. The largest absolute Gasteiger partial charge is 0.495 e. The van der Waals surface area contributed by atoms with Gasteiger partial charge in [-0.2, -0.15) is 0 Å². The number of hydrogen-bond donors (Lipinski definition) is 1. The molecule has 3 nitrogen and oxygen atoms in total. The summed E-state index contributed by atoms with van der Waals surface area (Å²) in [7, 11) is 1.64. The summed E-state index contributed by atoms with van der Waals surface area (Å²) in [5.74, 6) is 1.27. The molecule has 0 fully saturated rings. The van der Waals surface area contributed by atoms with Gasteiger partial charge in [0.15, 0.2) is 5.78 Å². The van der Waals surface area contributed by atoms with Crippen molar-refractivity contribution in [3.8, 4) is 5.75 Å². The molecule has 0 heterocycles. The minimum Gasteiger partial charge on any atom is -0.495 e. The van der Waals surface area contributed by atoms with E-state index in [9.17, 15) is 4.79 Å². The molecule has 0 aliphatic heterocycles. The summed E-state index contributed by atoms with van der Waals surface area (Å²) in [4.78, 5) is 11.7. The zero-order chi connectivity index (χ0) is 13.8. The van der Waals surface area contributed by atoms with Gasteiger partial charge in [-0.25, -0.2) is 0 Å². The average Bonchev–Trinajstić information content (AvgIpc) is 2.41. The number of carbonyl (C=O) groups excluding carboxylic acids is 1. The van der Waals surface area contributed by atoms with Crippen LogP contribution in [-0.2, 0) is 4.79 Å². The van der Waals surface area contributed by atoms with Crippen molar-refractivity contribution in [2.24, 2.45) is 0 Å². The minimum absolute atomic E-state index is 0.0532. The van der Waals surface area contributed by atoms with Crippen molar-refractivity contribution in [3.05, 3.63) is 48.1 Å². The fourth-order valence-corrected chi connectivity index (χ4v) is 2.00. The Labute approximate surface area is 114 Å². The molecule has 1 aromatic rings. The van der Waals surface area contributed by atoms with Gasteiger partial charge in [-0.15, -0.1) is 0 Å². The van der Waals surface area contributed by atoms with Gasteiger partial charge in [0.05, 0.1) is 12.8 Å². The monoisotopic (exact) mass is 257 g/mol. The quantitative estimate of drug-likeness (QED) is 0.899. The summed E-state index contributed by atoms with van der Waals surface area (Å²) < 4.78 is 5.40. The molecule has 0 saturated carbocycles. The van der Waals surface area contributed by atoms with Crippen LogP contribution in [-0.4, -0.2) is 18.9 Å². The van der Waals surface area contributed by atoms with Crippen LogP contribution >= 0.6 is 0 Å². The molecule has 3 heteroatoms. The Kier molecular flexibility index (Phi) is 4.05. The molecule has 1 aliphatic carbocycles. The third-order valence-electron chi connectivity index (χ3n) is 3.18. The highest BCUT2D eigenvalue weighted by atomic mass is 16.5. The Balaban J connectivity index is 2.22. The van der Waals surface area contributed by atoms with Crippen molar-refractivity contribution in [2.45, 2.75) is 25.8 Å². The molecule has 0 aromatic heterocycles. The maximum atomic E-state index is 11.7. The summed E-state index contributed by atoms with van der Waals surface area (Å²) in [6, 6.07) is 5.72. The van der Waals surface area contributed by atoms with Crippen LogP contribution < -0.4 is 10.1 Å². The van der Waals surface area contributed by atoms with E-state index >= 15 is 0 Å². The lowest BCUT2D eigenvalue weighted by Crippen LogP contribution is -2.27. The lowest BCUT2D eigenvalue weighted by molar-refractivity contribution is -0.114. The summed E-state index contributed by atoms with van der Waals surface area (Å²) in [5.41, 5.74) is 2.05. The van der Waals surface area contributed by atoms with Gasteiger partial charge in [0.2, 0.25) is 0 Å². The summed E-state index contributed by atoms with van der Waals surface area (Å²) >= 11 is 0. The Morgan fingerprint density at radius 3 is 2.68 bits per heavy atom. The zero-order valence-electron chi connectivity index (χ0n) is 11.5. The van der Waals surface area contributed by atoms with Crippen molar-refractivity contribution in [3.63, 3.8) is 0 Å². The molecule has 2 rings (SSSR count). The maximum Gasteiger partial charge on any atom is 0.181 e. The van der Waals surface area contributed by atoms with Crippen molar-refractivity contribution in [1.29, 1.82) is 0 Å². The van der Waals surface area contributed by atoms with E-state index in [1.807, 2.05) is 24.3 Å². The van der Waals surface area contributed by atoms with Crippen LogP contribution in [0.4, 0.5) is 5.69 Å². The first-order chi connectivity index (χ1) is 9.11. The number of anilines is 1. The van der Waals surface area contributed by atoms with Gasteiger partial charge in [0.1, 0.15) is 11.8 Å². The van der Waals surface area contributed by atoms with E-state index in [2.05, 4.69) is 25.2 Å². The van der Waals surface area contributed by atoms with Crippen LogP contribution in [0.3, 0.4) is 0 Å². The Bertz CT molecular complexity index is 530. The van der Waals surface area contributed by atoms with Gasteiger partial charge in [0.25, 0.3) is 0 Å². The predicted octanol–water partition coefficient (Wildman–Crippen LogP) is 3.29. The highest BCUT2D eigenvalue weighted by Gasteiger charge is 2.16. The van der Waals surface area contributed by atoms with E-state index in [4.69, 9.17) is 4.74 Å². The number of benzene rings is 1. The van der Waals surface area contributed by atoms with Crippen molar-refractivity contribution >= 4 is 11.5 Å². The Morgan fingerprint density at radius 1 is 1.26 bits per heavy atom. The second-order valence-electron chi connectivity index (χ2n) is 4.88. The van der Waals surface area contributed by atoms with Gasteiger partial charge in [-0.1, -0.05) is 38.1 Å². The van der Waals surface area contributed by atoms with Crippen molar-refractivity contribution in [1.82, 2.24) is 0 Å². The zero-order valence-corrected chi connectivity index (χ0v) is 11.5. The molecule has 1 atom stereocenters. The van der Waals surface area contributed by atoms with E-state index in [0.29, 0.717) is 5.92 Å². The minimum atomic E-state index is -0.316. The number of hydrogen-bond acceptors (Lipinski definition) is 3. The number of rotatable bonds is 4. The van der Waals surface area contributed by atoms with E-state index in [0.717, 1.165) is 11.4 Å². The first-order valence-corrected chi connectivity index (χ1v) is 6.45. The topological polar surface area (TPSA) is 38.3 Å². The normalized spacial score (nSPS) is 17.9. The molecule has 0 spiro atoms. The molecule has 1 aliphatic rings. The van der Waals surface area contributed by atoms with Gasteiger partial charge in [-0.05, 0) is 29.7 Å². The van der Waals surface area contributed by atoms with E-state index in [1.54, 1.807) is 19.3 Å². The van der Waals surface area contributed by atoms with Gasteiger partial charge >= 0.3 is 0 Å². The number of carbonyl (C=O) groups is 1. The van der Waals surface area contributed by atoms with Gasteiger partial charge in [0, 0.05) is 0 Å². The van der Waals surface area contributed by atoms with Crippen LogP contribution in [0.5, 0.6) is 5.75 Å². The molecule has 1 N–H and O–H groups in total. The average molecular weight is 257 g/mol. The van der Waals surface area contributed by atoms with Crippen LogP contribution in [0.25, 0.3) is 0 Å². The van der Waals surface area contributed by atoms with Crippen molar-refractivity contribution < 1.29 is 9.53 Å². The molecule has 19 heavy (non-hydrogen) atoms. The molecule has 0 amide bonds.